The van der Waals surface area contributed by atoms with Crippen LogP contribution in [0.5, 0.6) is 0 Å². The minimum atomic E-state index is 0.577. The molecule has 0 N–H and O–H groups in total. The lowest BCUT2D eigenvalue weighted by Gasteiger charge is -2.11. The summed E-state index contributed by atoms with van der Waals surface area (Å²) in [5.41, 5.74) is 14.5. The molecule has 62 heavy (non-hydrogen) atoms. The summed E-state index contributed by atoms with van der Waals surface area (Å²) in [6.45, 7) is 0. The molecule has 0 atom stereocenters. The second kappa shape index (κ2) is 14.7. The van der Waals surface area contributed by atoms with Crippen molar-refractivity contribution in [2.24, 2.45) is 0 Å². The van der Waals surface area contributed by atoms with Gasteiger partial charge in [0.15, 0.2) is 17.5 Å². The molecule has 0 spiro atoms. The van der Waals surface area contributed by atoms with Crippen LogP contribution in [0.4, 0.5) is 0 Å². The fraction of sp³-hybridized carbons (Fsp3) is 0. The van der Waals surface area contributed by atoms with E-state index in [4.69, 9.17) is 19.4 Å². The molecule has 0 saturated heterocycles. The Morgan fingerprint density at radius 1 is 0.306 bits per heavy atom. The van der Waals surface area contributed by atoms with E-state index in [2.05, 4.69) is 199 Å². The molecule has 0 saturated carbocycles. The highest BCUT2D eigenvalue weighted by molar-refractivity contribution is 6.14. The maximum absolute atomic E-state index is 6.59. The third-order valence-corrected chi connectivity index (χ3v) is 11.9. The molecule has 0 amide bonds. The molecule has 290 valence electrons. The van der Waals surface area contributed by atoms with Gasteiger partial charge in [0.2, 0.25) is 0 Å². The summed E-state index contributed by atoms with van der Waals surface area (Å²) in [5.74, 6) is 1.78. The van der Waals surface area contributed by atoms with Gasteiger partial charge in [-0.15, -0.1) is 0 Å². The van der Waals surface area contributed by atoms with Crippen LogP contribution in [0.25, 0.3) is 117 Å². The monoisotopic (exact) mass is 792 g/mol. The average Bonchev–Trinajstić information content (AvgIpc) is 3.90. The molecule has 0 unspecified atom stereocenters. The minimum absolute atomic E-state index is 0.577. The minimum Gasteiger partial charge on any atom is -0.456 e. The van der Waals surface area contributed by atoms with Crippen LogP contribution in [-0.4, -0.2) is 19.5 Å². The summed E-state index contributed by atoms with van der Waals surface area (Å²) in [5, 5.41) is 4.36. The lowest BCUT2D eigenvalue weighted by Crippen LogP contribution is -2.00. The van der Waals surface area contributed by atoms with Crippen LogP contribution in [-0.2, 0) is 0 Å². The SMILES string of the molecule is c1ccc(-c2ccc(-c3nc(-c4ccc(-c5ccccc5)cc4)nc(-c4cccc5oc6ccc(-n7c8ccccc8c8cc(-c9ccccc9)ccc87)cc6c45)n3)cc2)cc1. The molecule has 12 rings (SSSR count). The number of benzene rings is 9. The van der Waals surface area contributed by atoms with Crippen LogP contribution >= 0.6 is 0 Å². The van der Waals surface area contributed by atoms with E-state index in [0.29, 0.717) is 17.5 Å². The molecule has 12 aromatic rings. The molecule has 9 aromatic carbocycles. The Morgan fingerprint density at radius 2 is 0.806 bits per heavy atom. The van der Waals surface area contributed by atoms with Gasteiger partial charge in [-0.25, -0.2) is 15.0 Å². The van der Waals surface area contributed by atoms with E-state index < -0.39 is 0 Å². The zero-order chi connectivity index (χ0) is 41.0. The predicted octanol–water partition coefficient (Wildman–Crippen LogP) is 14.9. The normalized spacial score (nSPS) is 11.5. The van der Waals surface area contributed by atoms with Gasteiger partial charge < -0.3 is 8.98 Å². The van der Waals surface area contributed by atoms with Gasteiger partial charge in [0, 0.05) is 43.9 Å². The molecule has 0 aliphatic rings. The number of furan rings is 1. The summed E-state index contributed by atoms with van der Waals surface area (Å²) < 4.78 is 8.95. The molecular weight excluding hydrogens is 757 g/mol. The summed E-state index contributed by atoms with van der Waals surface area (Å²) >= 11 is 0. The number of para-hydroxylation sites is 1. The Morgan fingerprint density at radius 3 is 1.44 bits per heavy atom. The van der Waals surface area contributed by atoms with Crippen molar-refractivity contribution in [1.29, 1.82) is 0 Å². The van der Waals surface area contributed by atoms with Gasteiger partial charge >= 0.3 is 0 Å². The van der Waals surface area contributed by atoms with Crippen molar-refractivity contribution in [1.82, 2.24) is 19.5 Å². The third kappa shape index (κ3) is 6.14. The molecule has 3 heterocycles. The molecular formula is C57H36N4O. The van der Waals surface area contributed by atoms with Gasteiger partial charge in [-0.05, 0) is 75.8 Å². The third-order valence-electron chi connectivity index (χ3n) is 11.9. The predicted molar refractivity (Wildman–Crippen MR) is 254 cm³/mol. The van der Waals surface area contributed by atoms with Crippen LogP contribution in [0.3, 0.4) is 0 Å². The van der Waals surface area contributed by atoms with Crippen molar-refractivity contribution < 1.29 is 4.42 Å². The maximum atomic E-state index is 6.59. The van der Waals surface area contributed by atoms with Crippen molar-refractivity contribution in [3.63, 3.8) is 0 Å². The Hall–Kier alpha value is -8.41. The van der Waals surface area contributed by atoms with Crippen LogP contribution in [0.1, 0.15) is 0 Å². The fourth-order valence-electron chi connectivity index (χ4n) is 8.84. The van der Waals surface area contributed by atoms with Gasteiger partial charge in [0.1, 0.15) is 11.2 Å². The molecule has 3 aromatic heterocycles. The van der Waals surface area contributed by atoms with E-state index in [0.717, 1.165) is 77.6 Å². The van der Waals surface area contributed by atoms with Gasteiger partial charge in [0.05, 0.1) is 11.0 Å². The van der Waals surface area contributed by atoms with Crippen LogP contribution < -0.4 is 0 Å². The highest BCUT2D eigenvalue weighted by atomic mass is 16.3. The van der Waals surface area contributed by atoms with Crippen LogP contribution in [0.15, 0.2) is 223 Å². The van der Waals surface area contributed by atoms with Crippen molar-refractivity contribution in [2.45, 2.75) is 0 Å². The first-order chi connectivity index (χ1) is 30.7. The lowest BCUT2D eigenvalue weighted by atomic mass is 10.0. The zero-order valence-electron chi connectivity index (χ0n) is 33.5. The van der Waals surface area contributed by atoms with Crippen molar-refractivity contribution in [3.8, 4) is 73.2 Å². The van der Waals surface area contributed by atoms with E-state index >= 15 is 0 Å². The molecule has 5 heteroatoms. The van der Waals surface area contributed by atoms with Crippen LogP contribution in [0, 0.1) is 0 Å². The quantitative estimate of drug-likeness (QED) is 0.161. The van der Waals surface area contributed by atoms with Crippen molar-refractivity contribution in [2.75, 3.05) is 0 Å². The molecule has 0 radical (unpaired) electrons. The number of hydrogen-bond acceptors (Lipinski definition) is 4. The summed E-state index contributed by atoms with van der Waals surface area (Å²) in [4.78, 5) is 15.6. The Bertz CT molecular complexity index is 3490. The van der Waals surface area contributed by atoms with Crippen molar-refractivity contribution >= 4 is 43.7 Å². The van der Waals surface area contributed by atoms with Crippen molar-refractivity contribution in [3.05, 3.63) is 218 Å². The first-order valence-corrected chi connectivity index (χ1v) is 20.8. The highest BCUT2D eigenvalue weighted by Crippen LogP contribution is 2.40. The number of aromatic nitrogens is 4. The van der Waals surface area contributed by atoms with Gasteiger partial charge in [0.25, 0.3) is 0 Å². The van der Waals surface area contributed by atoms with Crippen LogP contribution in [0.2, 0.25) is 0 Å². The van der Waals surface area contributed by atoms with E-state index in [1.165, 1.54) is 21.9 Å². The number of fused-ring (bicyclic) bond motifs is 6. The molecule has 0 aliphatic carbocycles. The highest BCUT2D eigenvalue weighted by Gasteiger charge is 2.20. The summed E-state index contributed by atoms with van der Waals surface area (Å²) in [6.07, 6.45) is 0. The van der Waals surface area contributed by atoms with Gasteiger partial charge in [-0.2, -0.15) is 0 Å². The fourth-order valence-corrected chi connectivity index (χ4v) is 8.84. The number of hydrogen-bond donors (Lipinski definition) is 0. The van der Waals surface area contributed by atoms with Gasteiger partial charge in [-0.1, -0.05) is 176 Å². The Balaban J connectivity index is 1.03. The smallest absolute Gasteiger partial charge is 0.164 e. The maximum Gasteiger partial charge on any atom is 0.164 e. The summed E-state index contributed by atoms with van der Waals surface area (Å²) in [7, 11) is 0. The topological polar surface area (TPSA) is 56.7 Å². The Labute approximate surface area is 357 Å². The van der Waals surface area contributed by atoms with E-state index in [1.807, 2.05) is 24.3 Å². The first-order valence-electron chi connectivity index (χ1n) is 20.8. The standard InChI is InChI=1S/C57H36N4O/c1-4-13-37(14-5-1)40-23-27-42(28-24-40)55-58-56(43-29-25-41(26-30-43)38-15-6-2-7-16-38)60-57(59-55)47-20-12-22-53-54(47)49-36-45(32-34-52(49)62-53)61-50-21-11-10-19-46(50)48-35-44(31-33-51(48)61)39-17-8-3-9-18-39/h1-36H. The number of nitrogens with zero attached hydrogens (tertiary/aromatic N) is 4. The second-order valence-electron chi connectivity index (χ2n) is 15.6. The molecule has 0 aliphatic heterocycles. The largest absolute Gasteiger partial charge is 0.456 e. The molecule has 0 fully saturated rings. The van der Waals surface area contributed by atoms with E-state index in [-0.39, 0.29) is 0 Å². The average molecular weight is 793 g/mol. The zero-order valence-corrected chi connectivity index (χ0v) is 33.5. The number of rotatable bonds is 7. The van der Waals surface area contributed by atoms with E-state index in [1.54, 1.807) is 0 Å². The van der Waals surface area contributed by atoms with E-state index in [9.17, 15) is 0 Å². The lowest BCUT2D eigenvalue weighted by molar-refractivity contribution is 0.669. The second-order valence-corrected chi connectivity index (χ2v) is 15.6. The summed E-state index contributed by atoms with van der Waals surface area (Å²) in [6, 6.07) is 76.3. The van der Waals surface area contributed by atoms with Gasteiger partial charge in [-0.3, -0.25) is 0 Å². The Kier molecular flexibility index (Phi) is 8.42. The molecule has 0 bridgehead atoms. The molecule has 5 nitrogen and oxygen atoms in total. The first kappa shape index (κ1) is 35.5.